The number of hydrogen-bond acceptors (Lipinski definition) is 2. The molecule has 0 saturated heterocycles. The average Bonchev–Trinajstić information content (AvgIpc) is 2.33. The summed E-state index contributed by atoms with van der Waals surface area (Å²) in [4.78, 5) is 0. The fourth-order valence-electron chi connectivity index (χ4n) is 0.780. The van der Waals surface area contributed by atoms with Crippen LogP contribution in [0.5, 0.6) is 0 Å². The molecule has 1 N–H and O–H groups in total. The first-order valence-corrected chi connectivity index (χ1v) is 4.36. The Hall–Kier alpha value is -0.661. The second-order valence-electron chi connectivity index (χ2n) is 1.80. The van der Waals surface area contributed by atoms with E-state index in [1.807, 2.05) is 18.4 Å². The molecule has 0 bridgehead atoms. The van der Waals surface area contributed by atoms with Gasteiger partial charge in [0.25, 0.3) is 0 Å². The van der Waals surface area contributed by atoms with E-state index in [-0.39, 0.29) is 0 Å². The molecule has 2 rings (SSSR count). The van der Waals surface area contributed by atoms with Gasteiger partial charge in [-0.15, -0.1) is 0 Å². The van der Waals surface area contributed by atoms with E-state index in [0.29, 0.717) is 15.4 Å². The SMILES string of the molecule is C1=CC2=CN[Se]N2C=C1. The molecule has 0 spiro atoms. The molecule has 2 aliphatic rings. The van der Waals surface area contributed by atoms with Crippen LogP contribution in [0, 0.1) is 0 Å². The average molecular weight is 185 g/mol. The van der Waals surface area contributed by atoms with Crippen LogP contribution in [0.3, 0.4) is 0 Å². The van der Waals surface area contributed by atoms with Gasteiger partial charge in [0.2, 0.25) is 0 Å². The van der Waals surface area contributed by atoms with Gasteiger partial charge in [0.15, 0.2) is 0 Å². The Morgan fingerprint density at radius 2 is 2.44 bits per heavy atom. The summed E-state index contributed by atoms with van der Waals surface area (Å²) in [7, 11) is 0. The topological polar surface area (TPSA) is 15.3 Å². The molecule has 2 nitrogen and oxygen atoms in total. The number of nitrogens with one attached hydrogen (secondary N) is 1. The van der Waals surface area contributed by atoms with E-state index in [0.717, 1.165) is 0 Å². The Balaban J connectivity index is 2.33. The first-order chi connectivity index (χ1) is 4.47. The van der Waals surface area contributed by atoms with Crippen molar-refractivity contribution in [1.82, 2.24) is 8.25 Å². The van der Waals surface area contributed by atoms with Crippen molar-refractivity contribution in [2.45, 2.75) is 0 Å². The number of hydrogen-bond donors (Lipinski definition) is 1. The van der Waals surface area contributed by atoms with E-state index in [9.17, 15) is 0 Å². The zero-order valence-electron chi connectivity index (χ0n) is 4.74. The summed E-state index contributed by atoms with van der Waals surface area (Å²) in [6.07, 6.45) is 10.3. The third-order valence-corrected chi connectivity index (χ3v) is 2.79. The van der Waals surface area contributed by atoms with Crippen LogP contribution in [0.15, 0.2) is 36.3 Å². The molecule has 3 heteroatoms. The van der Waals surface area contributed by atoms with Crippen LogP contribution >= 0.6 is 0 Å². The van der Waals surface area contributed by atoms with E-state index in [4.69, 9.17) is 0 Å². The van der Waals surface area contributed by atoms with Gasteiger partial charge in [-0.05, 0) is 0 Å². The molecule has 2 heterocycles. The van der Waals surface area contributed by atoms with Gasteiger partial charge in [0, 0.05) is 0 Å². The van der Waals surface area contributed by atoms with Crippen LogP contribution in [-0.4, -0.2) is 19.3 Å². The fraction of sp³-hybridized carbons (Fsp3) is 0. The monoisotopic (exact) mass is 186 g/mol. The van der Waals surface area contributed by atoms with Crippen molar-refractivity contribution >= 4 is 15.4 Å². The molecule has 0 aromatic carbocycles. The minimum absolute atomic E-state index is 0.413. The van der Waals surface area contributed by atoms with Gasteiger partial charge in [0.1, 0.15) is 0 Å². The third kappa shape index (κ3) is 0.784. The van der Waals surface area contributed by atoms with Gasteiger partial charge >= 0.3 is 60.0 Å². The molecule has 0 unspecified atom stereocenters. The zero-order chi connectivity index (χ0) is 6.10. The molecule has 0 atom stereocenters. The summed E-state index contributed by atoms with van der Waals surface area (Å²) in [5, 5.41) is 0. The van der Waals surface area contributed by atoms with Gasteiger partial charge in [0.05, 0.1) is 0 Å². The van der Waals surface area contributed by atoms with Crippen molar-refractivity contribution in [2.75, 3.05) is 0 Å². The Morgan fingerprint density at radius 3 is 3.33 bits per heavy atom. The van der Waals surface area contributed by atoms with Gasteiger partial charge in [-0.2, -0.15) is 0 Å². The summed E-state index contributed by atoms with van der Waals surface area (Å²) in [6.45, 7) is 0. The van der Waals surface area contributed by atoms with E-state index in [1.165, 1.54) is 5.70 Å². The molecule has 0 amide bonds. The molecule has 0 saturated carbocycles. The Kier molecular flexibility index (Phi) is 1.11. The zero-order valence-corrected chi connectivity index (χ0v) is 6.46. The van der Waals surface area contributed by atoms with Crippen LogP contribution < -0.4 is 4.33 Å². The molecule has 0 aromatic heterocycles. The Bertz CT molecular complexity index is 202. The van der Waals surface area contributed by atoms with Crippen LogP contribution in [0.2, 0.25) is 0 Å². The van der Waals surface area contributed by atoms with Gasteiger partial charge in [-0.25, -0.2) is 0 Å². The quantitative estimate of drug-likeness (QED) is 0.548. The molecular formula is C6H6N2Se. The summed E-state index contributed by atoms with van der Waals surface area (Å²) < 4.78 is 5.40. The summed E-state index contributed by atoms with van der Waals surface area (Å²) in [6, 6.07) is 0. The van der Waals surface area contributed by atoms with Crippen molar-refractivity contribution in [3.63, 3.8) is 0 Å². The van der Waals surface area contributed by atoms with E-state index < -0.39 is 0 Å². The van der Waals surface area contributed by atoms with Crippen LogP contribution in [0.25, 0.3) is 0 Å². The molecule has 0 radical (unpaired) electrons. The normalized spacial score (nSPS) is 21.3. The molecule has 0 aromatic rings. The molecule has 46 valence electrons. The predicted molar refractivity (Wildman–Crippen MR) is 37.1 cm³/mol. The predicted octanol–water partition coefficient (Wildman–Crippen LogP) is 0.351. The second-order valence-corrected chi connectivity index (χ2v) is 3.51. The van der Waals surface area contributed by atoms with Crippen molar-refractivity contribution < 1.29 is 0 Å². The molecule has 9 heavy (non-hydrogen) atoms. The second kappa shape index (κ2) is 1.94. The van der Waals surface area contributed by atoms with Crippen LogP contribution in [-0.2, 0) is 0 Å². The number of fused-ring (bicyclic) bond motifs is 1. The van der Waals surface area contributed by atoms with Crippen LogP contribution in [0.1, 0.15) is 0 Å². The van der Waals surface area contributed by atoms with Gasteiger partial charge in [-0.3, -0.25) is 0 Å². The van der Waals surface area contributed by atoms with Gasteiger partial charge < -0.3 is 0 Å². The van der Waals surface area contributed by atoms with Crippen molar-refractivity contribution in [3.8, 4) is 0 Å². The molecule has 0 aliphatic carbocycles. The first kappa shape index (κ1) is 5.15. The molecule has 0 fully saturated rings. The maximum absolute atomic E-state index is 3.19. The Morgan fingerprint density at radius 1 is 1.44 bits per heavy atom. The Labute approximate surface area is 60.5 Å². The molecular weight excluding hydrogens is 179 g/mol. The fourth-order valence-corrected chi connectivity index (χ4v) is 2.12. The third-order valence-electron chi connectivity index (χ3n) is 1.21. The van der Waals surface area contributed by atoms with E-state index in [1.54, 1.807) is 0 Å². The van der Waals surface area contributed by atoms with Crippen molar-refractivity contribution in [1.29, 1.82) is 0 Å². The molecule has 2 aliphatic heterocycles. The van der Waals surface area contributed by atoms with Crippen molar-refractivity contribution in [3.05, 3.63) is 36.3 Å². The van der Waals surface area contributed by atoms with Crippen molar-refractivity contribution in [2.24, 2.45) is 0 Å². The summed E-state index contributed by atoms with van der Waals surface area (Å²) >= 11 is 0.413. The van der Waals surface area contributed by atoms with Crippen LogP contribution in [0.4, 0.5) is 0 Å². The van der Waals surface area contributed by atoms with Gasteiger partial charge in [-0.1, -0.05) is 0 Å². The summed E-state index contributed by atoms with van der Waals surface area (Å²) in [5.74, 6) is 0. The summed E-state index contributed by atoms with van der Waals surface area (Å²) in [5.41, 5.74) is 1.28. The van der Waals surface area contributed by atoms with E-state index in [2.05, 4.69) is 20.5 Å². The maximum atomic E-state index is 3.19. The number of rotatable bonds is 0. The number of allylic oxidation sites excluding steroid dienone is 3. The first-order valence-electron chi connectivity index (χ1n) is 2.73. The van der Waals surface area contributed by atoms with E-state index >= 15 is 0 Å². The minimum atomic E-state index is 0.413. The number of nitrogens with zero attached hydrogens (tertiary/aromatic N) is 1. The standard InChI is InChI=1S/C6H6N2Se/c1-2-4-8-6(3-1)5-7-9-8/h1-5,7H.